The van der Waals surface area contributed by atoms with Crippen molar-refractivity contribution in [3.05, 3.63) is 53.6 Å². The number of fused-ring (bicyclic) bond motifs is 1. The number of aromatic nitrogens is 1. The van der Waals surface area contributed by atoms with Gasteiger partial charge in [0.05, 0.1) is 9.60 Å². The van der Waals surface area contributed by atoms with Gasteiger partial charge in [0.25, 0.3) is 0 Å². The van der Waals surface area contributed by atoms with Crippen molar-refractivity contribution in [2.45, 2.75) is 11.3 Å². The Labute approximate surface area is 180 Å². The minimum atomic E-state index is -3.48. The van der Waals surface area contributed by atoms with E-state index >= 15 is 0 Å². The molecule has 0 bridgehead atoms. The molecule has 2 heterocycles. The number of piperazine rings is 1. The van der Waals surface area contributed by atoms with E-state index in [2.05, 4.69) is 37.1 Å². The zero-order valence-corrected chi connectivity index (χ0v) is 18.3. The molecule has 0 atom stereocenters. The third-order valence-electron chi connectivity index (χ3n) is 5.10. The SMILES string of the molecule is O=S(=O)(NCCCN1CCN(c2nsc3ccccc23)CC1)c1ccc(Cl)cc1. The molecule has 154 valence electrons. The van der Waals surface area contributed by atoms with Gasteiger partial charge in [-0.05, 0) is 60.9 Å². The number of nitrogens with zero attached hydrogens (tertiary/aromatic N) is 3. The Morgan fingerprint density at radius 2 is 1.76 bits per heavy atom. The van der Waals surface area contributed by atoms with Crippen LogP contribution in [-0.2, 0) is 10.0 Å². The molecule has 2 aromatic carbocycles. The van der Waals surface area contributed by atoms with Crippen molar-refractivity contribution in [3.8, 4) is 0 Å². The number of anilines is 1. The van der Waals surface area contributed by atoms with Crippen molar-refractivity contribution in [1.82, 2.24) is 14.0 Å². The monoisotopic (exact) mass is 450 g/mol. The molecule has 29 heavy (non-hydrogen) atoms. The van der Waals surface area contributed by atoms with Gasteiger partial charge in [-0.2, -0.15) is 4.37 Å². The van der Waals surface area contributed by atoms with Crippen molar-refractivity contribution in [2.75, 3.05) is 44.2 Å². The lowest BCUT2D eigenvalue weighted by Gasteiger charge is -2.35. The van der Waals surface area contributed by atoms with Gasteiger partial charge in [-0.3, -0.25) is 4.90 Å². The third-order valence-corrected chi connectivity index (χ3v) is 7.64. The highest BCUT2D eigenvalue weighted by Gasteiger charge is 2.20. The summed E-state index contributed by atoms with van der Waals surface area (Å²) in [7, 11) is -3.48. The van der Waals surface area contributed by atoms with E-state index in [-0.39, 0.29) is 4.90 Å². The van der Waals surface area contributed by atoms with Crippen LogP contribution in [0.2, 0.25) is 5.02 Å². The van der Waals surface area contributed by atoms with Crippen molar-refractivity contribution in [3.63, 3.8) is 0 Å². The van der Waals surface area contributed by atoms with Crippen LogP contribution in [0.1, 0.15) is 6.42 Å². The number of hydrogen-bond donors (Lipinski definition) is 1. The fourth-order valence-corrected chi connectivity index (χ4v) is 5.49. The quantitative estimate of drug-likeness (QED) is 0.558. The van der Waals surface area contributed by atoms with Gasteiger partial charge in [0.15, 0.2) is 0 Å². The standard InChI is InChI=1S/C20H23ClN4O2S2/c21-16-6-8-17(9-7-16)29(26,27)22-10-3-11-24-12-14-25(15-13-24)20-18-4-1-2-5-19(18)28-23-20/h1-2,4-9,22H,3,10-15H2. The molecule has 9 heteroatoms. The summed E-state index contributed by atoms with van der Waals surface area (Å²) in [6, 6.07) is 14.6. The second-order valence-electron chi connectivity index (χ2n) is 7.04. The molecule has 0 amide bonds. The molecule has 6 nitrogen and oxygen atoms in total. The van der Waals surface area contributed by atoms with Crippen LogP contribution in [0, 0.1) is 0 Å². The van der Waals surface area contributed by atoms with E-state index in [1.54, 1.807) is 23.7 Å². The Balaban J connectivity index is 1.23. The highest BCUT2D eigenvalue weighted by atomic mass is 35.5. The van der Waals surface area contributed by atoms with Gasteiger partial charge in [-0.25, -0.2) is 13.1 Å². The van der Waals surface area contributed by atoms with Gasteiger partial charge in [-0.15, -0.1) is 0 Å². The largest absolute Gasteiger partial charge is 0.353 e. The maximum atomic E-state index is 12.3. The van der Waals surface area contributed by atoms with Gasteiger partial charge in [0.1, 0.15) is 5.82 Å². The lowest BCUT2D eigenvalue weighted by Crippen LogP contribution is -2.47. The molecule has 1 aliphatic rings. The van der Waals surface area contributed by atoms with Crippen LogP contribution in [0.15, 0.2) is 53.4 Å². The van der Waals surface area contributed by atoms with Crippen molar-refractivity contribution in [2.24, 2.45) is 0 Å². The number of halogens is 1. The zero-order chi connectivity index (χ0) is 20.3. The Bertz CT molecular complexity index is 1060. The average Bonchev–Trinajstić information content (AvgIpc) is 3.16. The molecule has 0 unspecified atom stereocenters. The van der Waals surface area contributed by atoms with Crippen LogP contribution in [0.3, 0.4) is 0 Å². The van der Waals surface area contributed by atoms with E-state index in [0.29, 0.717) is 11.6 Å². The van der Waals surface area contributed by atoms with Gasteiger partial charge in [0.2, 0.25) is 10.0 Å². The minimum Gasteiger partial charge on any atom is -0.353 e. The Morgan fingerprint density at radius 1 is 1.03 bits per heavy atom. The number of sulfonamides is 1. The van der Waals surface area contributed by atoms with Gasteiger partial charge in [0, 0.05) is 43.1 Å². The van der Waals surface area contributed by atoms with Crippen molar-refractivity contribution < 1.29 is 8.42 Å². The summed E-state index contributed by atoms with van der Waals surface area (Å²) in [5, 5.41) is 1.75. The fourth-order valence-electron chi connectivity index (χ4n) is 3.49. The summed E-state index contributed by atoms with van der Waals surface area (Å²) >= 11 is 7.37. The topological polar surface area (TPSA) is 65.5 Å². The second kappa shape index (κ2) is 8.97. The van der Waals surface area contributed by atoms with E-state index in [9.17, 15) is 8.42 Å². The summed E-state index contributed by atoms with van der Waals surface area (Å²) in [5.74, 6) is 1.08. The first-order valence-electron chi connectivity index (χ1n) is 9.60. The highest BCUT2D eigenvalue weighted by Crippen LogP contribution is 2.29. The lowest BCUT2D eigenvalue weighted by atomic mass is 10.2. The molecule has 3 aromatic rings. The molecule has 0 spiro atoms. The lowest BCUT2D eigenvalue weighted by molar-refractivity contribution is 0.255. The maximum absolute atomic E-state index is 12.3. The smallest absolute Gasteiger partial charge is 0.240 e. The van der Waals surface area contributed by atoms with Crippen LogP contribution < -0.4 is 9.62 Å². The number of hydrogen-bond acceptors (Lipinski definition) is 6. The predicted molar refractivity (Wildman–Crippen MR) is 120 cm³/mol. The molecule has 1 aliphatic heterocycles. The zero-order valence-electron chi connectivity index (χ0n) is 15.9. The van der Waals surface area contributed by atoms with Crippen LogP contribution in [-0.4, -0.2) is 57.0 Å². The van der Waals surface area contributed by atoms with E-state index in [1.165, 1.54) is 22.2 Å². The van der Waals surface area contributed by atoms with Crippen LogP contribution in [0.5, 0.6) is 0 Å². The molecule has 1 N–H and O–H groups in total. The highest BCUT2D eigenvalue weighted by molar-refractivity contribution is 7.89. The van der Waals surface area contributed by atoms with Crippen LogP contribution in [0.4, 0.5) is 5.82 Å². The Hall–Kier alpha value is -1.71. The molecule has 0 radical (unpaired) electrons. The first-order chi connectivity index (χ1) is 14.0. The Morgan fingerprint density at radius 3 is 2.52 bits per heavy atom. The predicted octanol–water partition coefficient (Wildman–Crippen LogP) is 3.44. The van der Waals surface area contributed by atoms with Gasteiger partial charge in [-0.1, -0.05) is 23.7 Å². The average molecular weight is 451 g/mol. The van der Waals surface area contributed by atoms with Gasteiger partial charge < -0.3 is 4.90 Å². The number of rotatable bonds is 7. The van der Waals surface area contributed by atoms with E-state index in [4.69, 9.17) is 11.6 Å². The molecule has 1 saturated heterocycles. The summed E-state index contributed by atoms with van der Waals surface area (Å²) in [6.45, 7) is 5.07. The summed E-state index contributed by atoms with van der Waals surface area (Å²) in [4.78, 5) is 4.96. The first kappa shape index (κ1) is 20.6. The summed E-state index contributed by atoms with van der Waals surface area (Å²) in [5.41, 5.74) is 0. The minimum absolute atomic E-state index is 0.242. The summed E-state index contributed by atoms with van der Waals surface area (Å²) < 4.78 is 33.1. The third kappa shape index (κ3) is 4.90. The number of nitrogens with one attached hydrogen (secondary N) is 1. The van der Waals surface area contributed by atoms with Crippen LogP contribution in [0.25, 0.3) is 10.1 Å². The van der Waals surface area contributed by atoms with Crippen molar-refractivity contribution in [1.29, 1.82) is 0 Å². The normalized spacial score (nSPS) is 15.8. The molecular formula is C20H23ClN4O2S2. The molecule has 1 fully saturated rings. The van der Waals surface area contributed by atoms with Crippen LogP contribution >= 0.6 is 23.1 Å². The number of benzene rings is 2. The Kier molecular flexibility index (Phi) is 6.36. The fraction of sp³-hybridized carbons (Fsp3) is 0.350. The van der Waals surface area contributed by atoms with E-state index in [1.807, 2.05) is 6.07 Å². The molecule has 0 aliphatic carbocycles. The molecule has 0 saturated carbocycles. The molecule has 4 rings (SSSR count). The molecule has 1 aromatic heterocycles. The van der Waals surface area contributed by atoms with Gasteiger partial charge >= 0.3 is 0 Å². The van der Waals surface area contributed by atoms with E-state index < -0.39 is 10.0 Å². The second-order valence-corrected chi connectivity index (χ2v) is 10.0. The summed E-state index contributed by atoms with van der Waals surface area (Å²) in [6.07, 6.45) is 0.770. The van der Waals surface area contributed by atoms with E-state index in [0.717, 1.165) is 45.0 Å². The maximum Gasteiger partial charge on any atom is 0.240 e. The molecular weight excluding hydrogens is 428 g/mol. The first-order valence-corrected chi connectivity index (χ1v) is 12.2. The van der Waals surface area contributed by atoms with Crippen molar-refractivity contribution >= 4 is 49.1 Å².